The van der Waals surface area contributed by atoms with Crippen LogP contribution < -0.4 is 24.0 Å². The summed E-state index contributed by atoms with van der Waals surface area (Å²) < 4.78 is 0. The minimum Gasteiger partial charge on any atom is -0.545 e. The Bertz CT molecular complexity index is 253. The number of carboxylic acids is 1. The molecule has 0 saturated carbocycles. The maximum absolute atomic E-state index is 10.5. The van der Waals surface area contributed by atoms with Gasteiger partial charge in [0.2, 0.25) is 0 Å². The van der Waals surface area contributed by atoms with Crippen LogP contribution in [0.4, 0.5) is 0 Å². The van der Waals surface area contributed by atoms with Gasteiger partial charge in [0.15, 0.2) is 5.66 Å². The molecule has 5 heteroatoms. The zero-order valence-electron chi connectivity index (χ0n) is 7.71. The van der Waals surface area contributed by atoms with Crippen molar-refractivity contribution in [1.29, 1.82) is 0 Å². The van der Waals surface area contributed by atoms with Crippen LogP contribution in [0.25, 0.3) is 0 Å². The van der Waals surface area contributed by atoms with Gasteiger partial charge in [0, 0.05) is 0 Å². The molecule has 0 aromatic carbocycles. The Morgan fingerprint density at radius 2 is 1.67 bits per heavy atom. The Morgan fingerprint density at radius 1 is 1.33 bits per heavy atom. The van der Waals surface area contributed by atoms with E-state index < -0.39 is 11.6 Å². The number of aliphatic carboxylic acids is 1. The smallest absolute Gasteiger partial charge is 0.545 e. The van der Waals surface area contributed by atoms with Crippen LogP contribution in [0.5, 0.6) is 0 Å². The molecule has 0 N–H and O–H groups in total. The molecule has 12 heavy (non-hydrogen) atoms. The molecule has 0 spiro atoms. The summed E-state index contributed by atoms with van der Waals surface area (Å²) in [6.07, 6.45) is 0. The Morgan fingerprint density at radius 3 is 1.83 bits per heavy atom. The van der Waals surface area contributed by atoms with Crippen LogP contribution in [0.3, 0.4) is 0 Å². The van der Waals surface area contributed by atoms with E-state index in [2.05, 4.69) is 9.98 Å². The summed E-state index contributed by atoms with van der Waals surface area (Å²) in [4.78, 5) is 18.2. The monoisotopic (exact) mass is 160 g/mol. The van der Waals surface area contributed by atoms with Crippen molar-refractivity contribution in [3.05, 3.63) is 0 Å². The quantitative estimate of drug-likeness (QED) is 0.372. The Balaban J connectivity index is 0.00000121. The Hall–Kier alpha value is -0.593. The topological polar surface area (TPSA) is 64.8 Å². The van der Waals surface area contributed by atoms with Crippen LogP contribution in [0.1, 0.15) is 20.8 Å². The van der Waals surface area contributed by atoms with Crippen molar-refractivity contribution in [3.8, 4) is 0 Å². The van der Waals surface area contributed by atoms with Gasteiger partial charge in [-0.2, -0.15) is 0 Å². The Labute approximate surface area is 83.0 Å². The molecule has 1 rings (SSSR count). The molecule has 0 aromatic heterocycles. The molecule has 0 amide bonds. The number of hydrogen-bond acceptors (Lipinski definition) is 4. The van der Waals surface area contributed by atoms with Gasteiger partial charge in [-0.15, -0.1) is 0 Å². The number of aliphatic imine (C=N–C) groups is 2. The van der Waals surface area contributed by atoms with Gasteiger partial charge >= 0.3 is 18.9 Å². The van der Waals surface area contributed by atoms with E-state index in [1.54, 1.807) is 13.8 Å². The molecular weight excluding hydrogens is 151 g/mol. The Kier molecular flexibility index (Phi) is 3.25. The van der Waals surface area contributed by atoms with Crippen LogP contribution in [0.2, 0.25) is 0 Å². The van der Waals surface area contributed by atoms with E-state index in [9.17, 15) is 9.90 Å². The van der Waals surface area contributed by atoms with Crippen LogP contribution in [0.15, 0.2) is 9.98 Å². The van der Waals surface area contributed by atoms with E-state index in [1.165, 1.54) is 6.92 Å². The summed E-state index contributed by atoms with van der Waals surface area (Å²) in [6.45, 7) is 4.88. The van der Waals surface area contributed by atoms with Gasteiger partial charge in [0.1, 0.15) is 0 Å². The van der Waals surface area contributed by atoms with Crippen molar-refractivity contribution in [3.63, 3.8) is 0 Å². The summed E-state index contributed by atoms with van der Waals surface area (Å²) in [5, 5.41) is 10.5. The third kappa shape index (κ3) is 1.77. The minimum atomic E-state index is -1.38. The number of carbonyl (C=O) groups excluding carboxylic acids is 1. The second-order valence-corrected chi connectivity index (χ2v) is 2.70. The standard InChI is InChI=1S/C7H10N2O2.Li/c1-4-5(2)9-7(3,8-4)6(10)11;/h1-3H3,(H,10,11);/q;+1/p-1. The van der Waals surface area contributed by atoms with Crippen LogP contribution in [0, 0.1) is 0 Å². The van der Waals surface area contributed by atoms with E-state index in [0.717, 1.165) is 0 Å². The van der Waals surface area contributed by atoms with Gasteiger partial charge in [-0.05, 0) is 20.8 Å². The average molecular weight is 160 g/mol. The first kappa shape index (κ1) is 11.4. The van der Waals surface area contributed by atoms with Crippen molar-refractivity contribution in [2.24, 2.45) is 9.98 Å². The van der Waals surface area contributed by atoms with Crippen molar-refractivity contribution in [2.45, 2.75) is 26.4 Å². The molecule has 4 nitrogen and oxygen atoms in total. The predicted octanol–water partition coefficient (Wildman–Crippen LogP) is -3.61. The maximum atomic E-state index is 10.5. The summed E-state index contributed by atoms with van der Waals surface area (Å²) in [6, 6.07) is 0. The van der Waals surface area contributed by atoms with Crippen molar-refractivity contribution >= 4 is 17.4 Å². The molecule has 1 aliphatic heterocycles. The molecule has 0 radical (unpaired) electrons. The number of nitrogens with zero attached hydrogens (tertiary/aromatic N) is 2. The van der Waals surface area contributed by atoms with Crippen molar-refractivity contribution < 1.29 is 28.8 Å². The number of carbonyl (C=O) groups is 1. The first-order chi connectivity index (χ1) is 4.96. The van der Waals surface area contributed by atoms with E-state index in [1.807, 2.05) is 0 Å². The summed E-state index contributed by atoms with van der Waals surface area (Å²) in [5.74, 6) is -1.26. The van der Waals surface area contributed by atoms with Gasteiger partial charge in [0.25, 0.3) is 0 Å². The largest absolute Gasteiger partial charge is 1.00 e. The summed E-state index contributed by atoms with van der Waals surface area (Å²) in [7, 11) is 0. The minimum absolute atomic E-state index is 0. The van der Waals surface area contributed by atoms with E-state index in [0.29, 0.717) is 11.4 Å². The maximum Gasteiger partial charge on any atom is 1.00 e. The predicted molar refractivity (Wildman–Crippen MR) is 39.6 cm³/mol. The van der Waals surface area contributed by atoms with Crippen LogP contribution in [-0.2, 0) is 4.79 Å². The molecule has 1 heterocycles. The molecule has 1 aliphatic rings. The molecular formula is C7H9LiN2O2. The summed E-state index contributed by atoms with van der Waals surface area (Å²) >= 11 is 0. The normalized spacial score (nSPS) is 19.2. The molecule has 60 valence electrons. The number of carboxylic acid groups (broad SMARTS) is 1. The van der Waals surface area contributed by atoms with Gasteiger partial charge in [0.05, 0.1) is 17.4 Å². The number of rotatable bonds is 1. The first-order valence-corrected chi connectivity index (χ1v) is 3.30. The number of hydrogen-bond donors (Lipinski definition) is 0. The molecule has 0 fully saturated rings. The second-order valence-electron chi connectivity index (χ2n) is 2.70. The van der Waals surface area contributed by atoms with E-state index >= 15 is 0 Å². The molecule has 0 unspecified atom stereocenters. The molecule has 0 aliphatic carbocycles. The molecule has 0 bridgehead atoms. The second kappa shape index (κ2) is 3.42. The van der Waals surface area contributed by atoms with Crippen LogP contribution >= 0.6 is 0 Å². The third-order valence-corrected chi connectivity index (χ3v) is 1.68. The van der Waals surface area contributed by atoms with E-state index in [-0.39, 0.29) is 18.9 Å². The SMILES string of the molecule is CC1=NC(C)(C(=O)[O-])N=C1C.[Li+]. The van der Waals surface area contributed by atoms with Gasteiger partial charge in [-0.3, -0.25) is 9.98 Å². The van der Waals surface area contributed by atoms with Gasteiger partial charge in [-0.1, -0.05) is 0 Å². The first-order valence-electron chi connectivity index (χ1n) is 3.30. The summed E-state index contributed by atoms with van der Waals surface area (Å²) in [5.41, 5.74) is -0.0536. The fourth-order valence-corrected chi connectivity index (χ4v) is 0.931. The average Bonchev–Trinajstić information content (AvgIpc) is 2.09. The third-order valence-electron chi connectivity index (χ3n) is 1.68. The van der Waals surface area contributed by atoms with Gasteiger partial charge in [-0.25, -0.2) is 0 Å². The molecule has 0 atom stereocenters. The molecule has 0 saturated heterocycles. The van der Waals surface area contributed by atoms with Crippen LogP contribution in [-0.4, -0.2) is 23.1 Å². The fourth-order valence-electron chi connectivity index (χ4n) is 0.931. The van der Waals surface area contributed by atoms with Crippen molar-refractivity contribution in [1.82, 2.24) is 0 Å². The van der Waals surface area contributed by atoms with E-state index in [4.69, 9.17) is 0 Å². The van der Waals surface area contributed by atoms with Gasteiger partial charge < -0.3 is 9.90 Å². The molecule has 0 aromatic rings. The van der Waals surface area contributed by atoms with Crippen molar-refractivity contribution in [2.75, 3.05) is 0 Å². The fraction of sp³-hybridized carbons (Fsp3) is 0.571. The zero-order valence-corrected chi connectivity index (χ0v) is 7.71. The zero-order chi connectivity index (χ0) is 8.65.